The van der Waals surface area contributed by atoms with Crippen LogP contribution in [0.1, 0.15) is 23.6 Å². The topological polar surface area (TPSA) is 32.3 Å². The Kier molecular flexibility index (Phi) is 4.60. The largest absolute Gasteiger partial charge is 0.508 e. The van der Waals surface area contributed by atoms with E-state index in [1.54, 1.807) is 12.1 Å². The second-order valence-electron chi connectivity index (χ2n) is 4.34. The van der Waals surface area contributed by atoms with Crippen LogP contribution in [0, 0.1) is 12.3 Å². The maximum absolute atomic E-state index is 9.38. The molecule has 0 radical (unpaired) electrons. The molecular weight excluding hydrogens is 234 g/mol. The van der Waals surface area contributed by atoms with Crippen molar-refractivity contribution in [1.29, 1.82) is 0 Å². The second-order valence-corrected chi connectivity index (χ2v) is 4.34. The molecule has 0 bridgehead atoms. The van der Waals surface area contributed by atoms with Crippen LogP contribution in [0.2, 0.25) is 0 Å². The van der Waals surface area contributed by atoms with Crippen molar-refractivity contribution in [2.45, 2.75) is 12.5 Å². The minimum atomic E-state index is 0.0927. The standard InChI is InChI=1S/C17H17NO/c1-2-3-13-18-17(14-7-5-4-6-8-14)15-9-11-16(19)12-10-15/h1,4-12,17-19H,3,13H2. The molecule has 0 amide bonds. The Bertz CT molecular complexity index is 540. The van der Waals surface area contributed by atoms with Gasteiger partial charge in [0.25, 0.3) is 0 Å². The molecule has 19 heavy (non-hydrogen) atoms. The molecule has 0 spiro atoms. The van der Waals surface area contributed by atoms with Crippen molar-refractivity contribution in [3.63, 3.8) is 0 Å². The number of rotatable bonds is 5. The third kappa shape index (κ3) is 3.61. The number of aromatic hydroxyl groups is 1. The molecule has 2 rings (SSSR count). The summed E-state index contributed by atoms with van der Waals surface area (Å²) >= 11 is 0. The number of phenols is 1. The van der Waals surface area contributed by atoms with Crippen LogP contribution in [-0.4, -0.2) is 11.7 Å². The normalized spacial score (nSPS) is 11.7. The Morgan fingerprint density at radius 3 is 2.26 bits per heavy atom. The molecule has 96 valence electrons. The van der Waals surface area contributed by atoms with E-state index in [1.807, 2.05) is 30.3 Å². The SMILES string of the molecule is C#CCCNC(c1ccccc1)c1ccc(O)cc1. The van der Waals surface area contributed by atoms with Crippen molar-refractivity contribution in [3.05, 3.63) is 65.7 Å². The zero-order valence-corrected chi connectivity index (χ0v) is 10.7. The summed E-state index contributed by atoms with van der Waals surface area (Å²) in [5.74, 6) is 2.91. The zero-order chi connectivity index (χ0) is 13.5. The highest BCUT2D eigenvalue weighted by molar-refractivity contribution is 5.34. The van der Waals surface area contributed by atoms with Crippen molar-refractivity contribution in [3.8, 4) is 18.1 Å². The number of hydrogen-bond acceptors (Lipinski definition) is 2. The van der Waals surface area contributed by atoms with Crippen molar-refractivity contribution in [1.82, 2.24) is 5.32 Å². The lowest BCUT2D eigenvalue weighted by Gasteiger charge is -2.19. The first-order valence-electron chi connectivity index (χ1n) is 6.32. The summed E-state index contributed by atoms with van der Waals surface area (Å²) in [6.07, 6.45) is 5.98. The third-order valence-corrected chi connectivity index (χ3v) is 2.98. The molecule has 0 aromatic heterocycles. The minimum Gasteiger partial charge on any atom is -0.508 e. The fourth-order valence-corrected chi connectivity index (χ4v) is 2.03. The predicted molar refractivity (Wildman–Crippen MR) is 77.8 cm³/mol. The van der Waals surface area contributed by atoms with Crippen LogP contribution in [0.5, 0.6) is 5.75 Å². The molecule has 1 unspecified atom stereocenters. The van der Waals surface area contributed by atoms with Crippen LogP contribution in [-0.2, 0) is 0 Å². The smallest absolute Gasteiger partial charge is 0.115 e. The Morgan fingerprint density at radius 2 is 1.63 bits per heavy atom. The fraction of sp³-hybridized carbons (Fsp3) is 0.176. The highest BCUT2D eigenvalue weighted by atomic mass is 16.3. The Morgan fingerprint density at radius 1 is 1.00 bits per heavy atom. The molecule has 2 nitrogen and oxygen atoms in total. The number of hydrogen-bond donors (Lipinski definition) is 2. The quantitative estimate of drug-likeness (QED) is 0.632. The molecule has 2 aromatic carbocycles. The van der Waals surface area contributed by atoms with E-state index in [0.29, 0.717) is 6.42 Å². The lowest BCUT2D eigenvalue weighted by Crippen LogP contribution is -2.23. The van der Waals surface area contributed by atoms with E-state index in [-0.39, 0.29) is 11.8 Å². The first-order chi connectivity index (χ1) is 9.31. The van der Waals surface area contributed by atoms with E-state index < -0.39 is 0 Å². The monoisotopic (exact) mass is 251 g/mol. The van der Waals surface area contributed by atoms with Crippen LogP contribution >= 0.6 is 0 Å². The summed E-state index contributed by atoms with van der Waals surface area (Å²) in [4.78, 5) is 0. The Hall–Kier alpha value is -2.24. The second kappa shape index (κ2) is 6.63. The molecule has 2 N–H and O–H groups in total. The fourth-order valence-electron chi connectivity index (χ4n) is 2.03. The molecule has 2 heteroatoms. The van der Waals surface area contributed by atoms with Crippen molar-refractivity contribution < 1.29 is 5.11 Å². The van der Waals surface area contributed by atoms with E-state index in [1.165, 1.54) is 5.56 Å². The van der Waals surface area contributed by atoms with Gasteiger partial charge in [0.05, 0.1) is 6.04 Å². The molecule has 0 saturated carbocycles. The summed E-state index contributed by atoms with van der Waals surface area (Å²) in [5, 5.41) is 12.8. The first-order valence-corrected chi connectivity index (χ1v) is 6.32. The van der Waals surface area contributed by atoms with E-state index in [4.69, 9.17) is 6.42 Å². The van der Waals surface area contributed by atoms with Gasteiger partial charge in [0.1, 0.15) is 5.75 Å². The van der Waals surface area contributed by atoms with Gasteiger partial charge in [0, 0.05) is 13.0 Å². The lowest BCUT2D eigenvalue weighted by molar-refractivity contribution is 0.474. The predicted octanol–water partition coefficient (Wildman–Crippen LogP) is 3.09. The first kappa shape index (κ1) is 13.2. The van der Waals surface area contributed by atoms with Gasteiger partial charge < -0.3 is 10.4 Å². The minimum absolute atomic E-state index is 0.0927. The van der Waals surface area contributed by atoms with Crippen LogP contribution in [0.4, 0.5) is 0 Å². The average molecular weight is 251 g/mol. The Labute approximate surface area is 114 Å². The van der Waals surface area contributed by atoms with Crippen LogP contribution < -0.4 is 5.32 Å². The van der Waals surface area contributed by atoms with Gasteiger partial charge >= 0.3 is 0 Å². The molecule has 1 atom stereocenters. The van der Waals surface area contributed by atoms with Gasteiger partial charge in [0.2, 0.25) is 0 Å². The van der Waals surface area contributed by atoms with Gasteiger partial charge in [-0.25, -0.2) is 0 Å². The molecule has 0 aliphatic heterocycles. The molecule has 0 saturated heterocycles. The molecular formula is C17H17NO. The van der Waals surface area contributed by atoms with Crippen LogP contribution in [0.15, 0.2) is 54.6 Å². The summed E-state index contributed by atoms with van der Waals surface area (Å²) in [6, 6.07) is 17.6. The highest BCUT2D eigenvalue weighted by Crippen LogP contribution is 2.23. The Balaban J connectivity index is 2.24. The maximum atomic E-state index is 9.38. The van der Waals surface area contributed by atoms with Crippen molar-refractivity contribution in [2.75, 3.05) is 6.54 Å². The maximum Gasteiger partial charge on any atom is 0.115 e. The van der Waals surface area contributed by atoms with E-state index in [0.717, 1.165) is 12.1 Å². The molecule has 0 heterocycles. The number of nitrogens with one attached hydrogen (secondary N) is 1. The van der Waals surface area contributed by atoms with Gasteiger partial charge in [-0.05, 0) is 23.3 Å². The van der Waals surface area contributed by atoms with Gasteiger partial charge in [0.15, 0.2) is 0 Å². The van der Waals surface area contributed by atoms with Gasteiger partial charge in [-0.15, -0.1) is 12.3 Å². The molecule has 0 fully saturated rings. The van der Waals surface area contributed by atoms with E-state index >= 15 is 0 Å². The molecule has 0 aliphatic carbocycles. The van der Waals surface area contributed by atoms with Gasteiger partial charge in [-0.1, -0.05) is 42.5 Å². The summed E-state index contributed by atoms with van der Waals surface area (Å²) < 4.78 is 0. The summed E-state index contributed by atoms with van der Waals surface area (Å²) in [5.41, 5.74) is 2.30. The van der Waals surface area contributed by atoms with E-state index in [9.17, 15) is 5.11 Å². The third-order valence-electron chi connectivity index (χ3n) is 2.98. The molecule has 0 aliphatic rings. The highest BCUT2D eigenvalue weighted by Gasteiger charge is 2.12. The number of terminal acetylenes is 1. The van der Waals surface area contributed by atoms with Crippen LogP contribution in [0.25, 0.3) is 0 Å². The summed E-state index contributed by atoms with van der Waals surface area (Å²) in [7, 11) is 0. The van der Waals surface area contributed by atoms with Crippen molar-refractivity contribution in [2.24, 2.45) is 0 Å². The average Bonchev–Trinajstić information content (AvgIpc) is 2.46. The van der Waals surface area contributed by atoms with Gasteiger partial charge in [-0.3, -0.25) is 0 Å². The van der Waals surface area contributed by atoms with Crippen LogP contribution in [0.3, 0.4) is 0 Å². The van der Waals surface area contributed by atoms with Crippen molar-refractivity contribution >= 4 is 0 Å². The number of phenolic OH excluding ortho intramolecular Hbond substituents is 1. The molecule has 2 aromatic rings. The number of benzene rings is 2. The zero-order valence-electron chi connectivity index (χ0n) is 10.7. The van der Waals surface area contributed by atoms with E-state index in [2.05, 4.69) is 23.4 Å². The lowest BCUT2D eigenvalue weighted by atomic mass is 9.98. The summed E-state index contributed by atoms with van der Waals surface area (Å²) in [6.45, 7) is 0.761. The van der Waals surface area contributed by atoms with Gasteiger partial charge in [-0.2, -0.15) is 0 Å².